The van der Waals surface area contributed by atoms with E-state index in [0.29, 0.717) is 12.1 Å². The Morgan fingerprint density at radius 3 is 2.88 bits per heavy atom. The monoisotopic (exact) mass is 232 g/mol. The van der Waals surface area contributed by atoms with Gasteiger partial charge in [0.05, 0.1) is 30.5 Å². The average molecular weight is 232 g/mol. The minimum atomic E-state index is 0.378. The summed E-state index contributed by atoms with van der Waals surface area (Å²) in [5.74, 6) is 0. The Hall–Kier alpha value is -1.69. The second kappa shape index (κ2) is 3.96. The smallest absolute Gasteiger partial charge is 0.131 e. The van der Waals surface area contributed by atoms with Gasteiger partial charge in [-0.1, -0.05) is 5.21 Å². The summed E-state index contributed by atoms with van der Waals surface area (Å²) in [6.45, 7) is 6.22. The van der Waals surface area contributed by atoms with Gasteiger partial charge in [-0.2, -0.15) is 0 Å². The molecule has 3 rings (SSSR count). The van der Waals surface area contributed by atoms with Gasteiger partial charge >= 0.3 is 0 Å². The van der Waals surface area contributed by atoms with Gasteiger partial charge in [-0.05, 0) is 13.8 Å². The standard InChI is InChI=1S/C11H16N6/c1-8(2)16-7-13-5-11(16)10-6-17(15-14-10)9-3-12-4-9/h5-9,12H,3-4H2,1-2H3. The number of imidazole rings is 1. The van der Waals surface area contributed by atoms with Crippen LogP contribution in [0, 0.1) is 0 Å². The molecule has 0 spiro atoms. The number of nitrogens with one attached hydrogen (secondary N) is 1. The molecule has 1 fully saturated rings. The number of nitrogens with zero attached hydrogens (tertiary/aromatic N) is 5. The Kier molecular flexibility index (Phi) is 2.44. The van der Waals surface area contributed by atoms with E-state index in [-0.39, 0.29) is 0 Å². The molecule has 0 amide bonds. The lowest BCUT2D eigenvalue weighted by molar-refractivity contribution is 0.313. The van der Waals surface area contributed by atoms with Gasteiger partial charge in [-0.3, -0.25) is 0 Å². The molecule has 2 aromatic rings. The van der Waals surface area contributed by atoms with Crippen molar-refractivity contribution in [3.8, 4) is 11.4 Å². The van der Waals surface area contributed by atoms with Gasteiger partial charge in [0.1, 0.15) is 5.69 Å². The molecule has 6 nitrogen and oxygen atoms in total. The van der Waals surface area contributed by atoms with E-state index in [2.05, 4.69) is 39.0 Å². The fourth-order valence-corrected chi connectivity index (χ4v) is 1.95. The third-order valence-corrected chi connectivity index (χ3v) is 3.13. The first-order valence-corrected chi connectivity index (χ1v) is 5.90. The zero-order valence-electron chi connectivity index (χ0n) is 10.0. The molecule has 3 heterocycles. The largest absolute Gasteiger partial charge is 0.327 e. The Morgan fingerprint density at radius 1 is 1.41 bits per heavy atom. The maximum absolute atomic E-state index is 4.23. The molecule has 6 heteroatoms. The van der Waals surface area contributed by atoms with Gasteiger partial charge in [-0.15, -0.1) is 5.10 Å². The topological polar surface area (TPSA) is 60.6 Å². The molecule has 0 atom stereocenters. The number of hydrogen-bond acceptors (Lipinski definition) is 4. The van der Waals surface area contributed by atoms with Crippen LogP contribution in [0.25, 0.3) is 11.4 Å². The molecule has 1 aliphatic rings. The fourth-order valence-electron chi connectivity index (χ4n) is 1.95. The van der Waals surface area contributed by atoms with Crippen LogP contribution in [-0.2, 0) is 0 Å². The van der Waals surface area contributed by atoms with Crippen LogP contribution in [0.5, 0.6) is 0 Å². The first kappa shape index (κ1) is 10.5. The second-order valence-electron chi connectivity index (χ2n) is 4.68. The summed E-state index contributed by atoms with van der Waals surface area (Å²) in [6.07, 6.45) is 5.68. The van der Waals surface area contributed by atoms with Crippen LogP contribution in [0.15, 0.2) is 18.7 Å². The Bertz CT molecular complexity index is 508. The molecule has 90 valence electrons. The summed E-state index contributed by atoms with van der Waals surface area (Å²) in [4.78, 5) is 4.18. The van der Waals surface area contributed by atoms with Crippen molar-refractivity contribution in [2.75, 3.05) is 13.1 Å². The molecule has 17 heavy (non-hydrogen) atoms. The van der Waals surface area contributed by atoms with Gasteiger partial charge in [0, 0.05) is 19.1 Å². The molecule has 1 aliphatic heterocycles. The van der Waals surface area contributed by atoms with Crippen molar-refractivity contribution < 1.29 is 0 Å². The van der Waals surface area contributed by atoms with E-state index in [9.17, 15) is 0 Å². The summed E-state index contributed by atoms with van der Waals surface area (Å²) < 4.78 is 4.04. The lowest BCUT2D eigenvalue weighted by atomic mass is 10.2. The van der Waals surface area contributed by atoms with E-state index in [1.165, 1.54) is 0 Å². The van der Waals surface area contributed by atoms with Crippen molar-refractivity contribution >= 4 is 0 Å². The highest BCUT2D eigenvalue weighted by Crippen LogP contribution is 2.21. The van der Waals surface area contributed by atoms with E-state index < -0.39 is 0 Å². The summed E-state index contributed by atoms with van der Waals surface area (Å²) >= 11 is 0. The maximum Gasteiger partial charge on any atom is 0.131 e. The van der Waals surface area contributed by atoms with Crippen LogP contribution in [0.3, 0.4) is 0 Å². The van der Waals surface area contributed by atoms with E-state index in [0.717, 1.165) is 24.5 Å². The zero-order valence-corrected chi connectivity index (χ0v) is 10.0. The predicted octanol–water partition coefficient (Wildman–Crippen LogP) is 0.867. The fraction of sp³-hybridized carbons (Fsp3) is 0.545. The highest BCUT2D eigenvalue weighted by molar-refractivity contribution is 5.51. The molecule has 0 aromatic carbocycles. The van der Waals surface area contributed by atoms with Gasteiger partial charge in [-0.25, -0.2) is 9.67 Å². The third-order valence-electron chi connectivity index (χ3n) is 3.13. The van der Waals surface area contributed by atoms with Crippen LogP contribution in [0.1, 0.15) is 25.9 Å². The van der Waals surface area contributed by atoms with Crippen LogP contribution >= 0.6 is 0 Å². The van der Waals surface area contributed by atoms with E-state index >= 15 is 0 Å². The molecular weight excluding hydrogens is 216 g/mol. The van der Waals surface area contributed by atoms with Crippen LogP contribution in [0.2, 0.25) is 0 Å². The molecule has 0 aliphatic carbocycles. The van der Waals surface area contributed by atoms with Crippen molar-refractivity contribution in [2.24, 2.45) is 0 Å². The molecule has 0 radical (unpaired) electrons. The van der Waals surface area contributed by atoms with E-state index in [1.807, 2.05) is 23.4 Å². The number of aromatic nitrogens is 5. The lowest BCUT2D eigenvalue weighted by Crippen LogP contribution is -2.43. The van der Waals surface area contributed by atoms with Crippen LogP contribution in [0.4, 0.5) is 0 Å². The molecule has 2 aromatic heterocycles. The summed E-state index contributed by atoms with van der Waals surface area (Å²) in [6, 6.07) is 0.828. The van der Waals surface area contributed by atoms with Gasteiger partial charge < -0.3 is 9.88 Å². The quantitative estimate of drug-likeness (QED) is 0.853. The zero-order chi connectivity index (χ0) is 11.8. The first-order chi connectivity index (χ1) is 8.25. The maximum atomic E-state index is 4.23. The summed E-state index contributed by atoms with van der Waals surface area (Å²) in [7, 11) is 0. The lowest BCUT2D eigenvalue weighted by Gasteiger charge is -2.26. The average Bonchev–Trinajstić information content (AvgIpc) is 2.79. The normalized spacial score (nSPS) is 16.4. The molecule has 0 unspecified atom stereocenters. The Labute approximate surface area is 99.7 Å². The minimum Gasteiger partial charge on any atom is -0.327 e. The highest BCUT2D eigenvalue weighted by atomic mass is 15.5. The van der Waals surface area contributed by atoms with Crippen molar-refractivity contribution in [3.05, 3.63) is 18.7 Å². The summed E-state index contributed by atoms with van der Waals surface area (Å²) in [5.41, 5.74) is 1.92. The van der Waals surface area contributed by atoms with Crippen molar-refractivity contribution in [2.45, 2.75) is 25.9 Å². The van der Waals surface area contributed by atoms with Gasteiger partial charge in [0.25, 0.3) is 0 Å². The van der Waals surface area contributed by atoms with Gasteiger partial charge in [0.15, 0.2) is 0 Å². The second-order valence-corrected chi connectivity index (χ2v) is 4.68. The molecule has 0 saturated carbocycles. The Morgan fingerprint density at radius 2 is 2.24 bits per heavy atom. The van der Waals surface area contributed by atoms with Crippen molar-refractivity contribution in [1.82, 2.24) is 29.9 Å². The van der Waals surface area contributed by atoms with Crippen molar-refractivity contribution in [3.63, 3.8) is 0 Å². The summed E-state index contributed by atoms with van der Waals surface area (Å²) in [5, 5.41) is 11.6. The number of rotatable bonds is 3. The molecule has 1 saturated heterocycles. The van der Waals surface area contributed by atoms with Crippen LogP contribution < -0.4 is 5.32 Å². The van der Waals surface area contributed by atoms with Crippen molar-refractivity contribution in [1.29, 1.82) is 0 Å². The Balaban J connectivity index is 1.92. The molecule has 1 N–H and O–H groups in total. The SMILES string of the molecule is CC(C)n1cncc1-c1cn(C2CNC2)nn1. The predicted molar refractivity (Wildman–Crippen MR) is 63.5 cm³/mol. The molecular formula is C11H16N6. The van der Waals surface area contributed by atoms with Crippen LogP contribution in [-0.4, -0.2) is 37.6 Å². The third kappa shape index (κ3) is 1.74. The van der Waals surface area contributed by atoms with E-state index in [4.69, 9.17) is 0 Å². The molecule has 0 bridgehead atoms. The van der Waals surface area contributed by atoms with E-state index in [1.54, 1.807) is 0 Å². The minimum absolute atomic E-state index is 0.378. The number of hydrogen-bond donors (Lipinski definition) is 1. The first-order valence-electron chi connectivity index (χ1n) is 5.90. The highest BCUT2D eigenvalue weighted by Gasteiger charge is 2.21. The van der Waals surface area contributed by atoms with Gasteiger partial charge in [0.2, 0.25) is 0 Å².